The van der Waals surface area contributed by atoms with Gasteiger partial charge in [-0.3, -0.25) is 0 Å². The minimum absolute atomic E-state index is 0. The van der Waals surface area contributed by atoms with Crippen molar-refractivity contribution in [1.82, 2.24) is 0 Å². The molecular weight excluding hydrogens is 310 g/mol. The molecule has 0 bridgehead atoms. The zero-order valence-corrected chi connectivity index (χ0v) is 16.5. The molecule has 0 amide bonds. The van der Waals surface area contributed by atoms with E-state index in [1.165, 1.54) is 37.7 Å². The zero-order valence-electron chi connectivity index (χ0n) is 15.7. The van der Waals surface area contributed by atoms with Gasteiger partial charge in [0.1, 0.15) is 0 Å². The summed E-state index contributed by atoms with van der Waals surface area (Å²) in [5.41, 5.74) is 6.61. The standard InChI is InChI=1S/C19H39NO2.ClH/c1-5-16(2)8-6-9-17(3)10-7-11-18(4)12-13-19(20,14-21)15-22;/h8,17-18,21-22H,5-7,9-15,20H2,1-4H3;1H. The molecule has 4 N–H and O–H groups in total. The maximum absolute atomic E-state index is 9.20. The van der Waals surface area contributed by atoms with Gasteiger partial charge in [-0.25, -0.2) is 0 Å². The van der Waals surface area contributed by atoms with Gasteiger partial charge >= 0.3 is 0 Å². The first-order valence-corrected chi connectivity index (χ1v) is 9.03. The lowest BCUT2D eigenvalue weighted by molar-refractivity contribution is 0.109. The fourth-order valence-corrected chi connectivity index (χ4v) is 2.60. The molecule has 0 aromatic heterocycles. The quantitative estimate of drug-likeness (QED) is 0.430. The lowest BCUT2D eigenvalue weighted by Gasteiger charge is -2.26. The van der Waals surface area contributed by atoms with Crippen molar-refractivity contribution in [3.63, 3.8) is 0 Å². The van der Waals surface area contributed by atoms with Crippen LogP contribution in [0.25, 0.3) is 0 Å². The summed E-state index contributed by atoms with van der Waals surface area (Å²) >= 11 is 0. The first-order valence-electron chi connectivity index (χ1n) is 9.03. The van der Waals surface area contributed by atoms with Gasteiger partial charge in [-0.15, -0.1) is 12.4 Å². The molecule has 0 radical (unpaired) electrons. The van der Waals surface area contributed by atoms with E-state index in [9.17, 15) is 10.2 Å². The van der Waals surface area contributed by atoms with Crippen molar-refractivity contribution < 1.29 is 10.2 Å². The Morgan fingerprint density at radius 2 is 1.57 bits per heavy atom. The fraction of sp³-hybridized carbons (Fsp3) is 0.895. The molecule has 140 valence electrons. The Balaban J connectivity index is 0. The number of aliphatic hydroxyl groups is 2. The highest BCUT2D eigenvalue weighted by atomic mass is 35.5. The third kappa shape index (κ3) is 12.9. The van der Waals surface area contributed by atoms with E-state index in [1.807, 2.05) is 0 Å². The number of allylic oxidation sites excluding steroid dienone is 2. The van der Waals surface area contributed by atoms with Crippen LogP contribution in [0.5, 0.6) is 0 Å². The van der Waals surface area contributed by atoms with Crippen LogP contribution in [-0.2, 0) is 0 Å². The van der Waals surface area contributed by atoms with Crippen LogP contribution in [0.1, 0.15) is 79.1 Å². The van der Waals surface area contributed by atoms with E-state index in [2.05, 4.69) is 33.8 Å². The van der Waals surface area contributed by atoms with Crippen LogP contribution >= 0.6 is 12.4 Å². The smallest absolute Gasteiger partial charge is 0.0633 e. The number of nitrogens with two attached hydrogens (primary N) is 1. The topological polar surface area (TPSA) is 66.5 Å². The molecule has 0 spiro atoms. The Labute approximate surface area is 150 Å². The molecular formula is C19H40ClNO2. The second-order valence-electron chi connectivity index (χ2n) is 7.34. The summed E-state index contributed by atoms with van der Waals surface area (Å²) in [7, 11) is 0. The highest BCUT2D eigenvalue weighted by Gasteiger charge is 2.23. The van der Waals surface area contributed by atoms with Crippen LogP contribution < -0.4 is 5.73 Å². The summed E-state index contributed by atoms with van der Waals surface area (Å²) in [4.78, 5) is 0. The second kappa shape index (κ2) is 14.3. The molecule has 0 aliphatic rings. The third-order valence-electron chi connectivity index (χ3n) is 4.87. The Morgan fingerprint density at radius 3 is 2.04 bits per heavy atom. The van der Waals surface area contributed by atoms with E-state index in [0.29, 0.717) is 12.3 Å². The van der Waals surface area contributed by atoms with Crippen molar-refractivity contribution in [2.45, 2.75) is 84.6 Å². The molecule has 23 heavy (non-hydrogen) atoms. The zero-order chi connectivity index (χ0) is 17.0. The molecule has 0 aliphatic heterocycles. The van der Waals surface area contributed by atoms with E-state index in [0.717, 1.165) is 18.8 Å². The van der Waals surface area contributed by atoms with Gasteiger partial charge in [0, 0.05) is 0 Å². The highest BCUT2D eigenvalue weighted by molar-refractivity contribution is 5.85. The van der Waals surface area contributed by atoms with Gasteiger partial charge in [0.25, 0.3) is 0 Å². The van der Waals surface area contributed by atoms with E-state index in [4.69, 9.17) is 5.73 Å². The number of rotatable bonds is 13. The molecule has 0 aromatic carbocycles. The maximum atomic E-state index is 9.20. The van der Waals surface area contributed by atoms with Crippen LogP contribution in [0.3, 0.4) is 0 Å². The van der Waals surface area contributed by atoms with Crippen molar-refractivity contribution in [1.29, 1.82) is 0 Å². The summed E-state index contributed by atoms with van der Waals surface area (Å²) in [5.74, 6) is 1.40. The second-order valence-corrected chi connectivity index (χ2v) is 7.34. The normalized spacial score (nSPS) is 15.2. The van der Waals surface area contributed by atoms with Gasteiger partial charge in [-0.1, -0.05) is 51.7 Å². The Bertz CT molecular complexity index is 304. The van der Waals surface area contributed by atoms with Gasteiger partial charge < -0.3 is 15.9 Å². The van der Waals surface area contributed by atoms with E-state index in [1.54, 1.807) is 0 Å². The predicted molar refractivity (Wildman–Crippen MR) is 103 cm³/mol. The maximum Gasteiger partial charge on any atom is 0.0633 e. The molecule has 0 saturated heterocycles. The minimum atomic E-state index is -0.801. The molecule has 0 aliphatic carbocycles. The van der Waals surface area contributed by atoms with Crippen molar-refractivity contribution in [3.8, 4) is 0 Å². The summed E-state index contributed by atoms with van der Waals surface area (Å²) in [6.45, 7) is 8.73. The van der Waals surface area contributed by atoms with E-state index < -0.39 is 5.54 Å². The van der Waals surface area contributed by atoms with Crippen LogP contribution in [-0.4, -0.2) is 29.0 Å². The van der Waals surface area contributed by atoms with Crippen molar-refractivity contribution in [2.75, 3.05) is 13.2 Å². The Morgan fingerprint density at radius 1 is 1.04 bits per heavy atom. The fourth-order valence-electron chi connectivity index (χ4n) is 2.60. The number of hydrogen-bond donors (Lipinski definition) is 3. The molecule has 0 heterocycles. The van der Waals surface area contributed by atoms with E-state index >= 15 is 0 Å². The SMILES string of the molecule is CCC(C)=CCCC(C)CCCC(C)CCC(N)(CO)CO.Cl. The lowest BCUT2D eigenvalue weighted by Crippen LogP contribution is -2.47. The van der Waals surface area contributed by atoms with Gasteiger partial charge in [0.05, 0.1) is 18.8 Å². The lowest BCUT2D eigenvalue weighted by atomic mass is 9.88. The summed E-state index contributed by atoms with van der Waals surface area (Å²) in [6, 6.07) is 0. The first-order chi connectivity index (χ1) is 10.4. The van der Waals surface area contributed by atoms with E-state index in [-0.39, 0.29) is 25.6 Å². The predicted octanol–water partition coefficient (Wildman–Crippen LogP) is 4.45. The molecule has 2 atom stereocenters. The van der Waals surface area contributed by atoms with Crippen LogP contribution in [0.4, 0.5) is 0 Å². The van der Waals surface area contributed by atoms with Gasteiger partial charge in [-0.2, -0.15) is 0 Å². The van der Waals surface area contributed by atoms with Crippen LogP contribution in [0.15, 0.2) is 11.6 Å². The third-order valence-corrected chi connectivity index (χ3v) is 4.87. The number of hydrogen-bond acceptors (Lipinski definition) is 3. The molecule has 2 unspecified atom stereocenters. The van der Waals surface area contributed by atoms with Crippen molar-refractivity contribution in [2.24, 2.45) is 17.6 Å². The summed E-state index contributed by atoms with van der Waals surface area (Å²) < 4.78 is 0. The highest BCUT2D eigenvalue weighted by Crippen LogP contribution is 2.22. The molecule has 0 rings (SSSR count). The Kier molecular flexibility index (Phi) is 15.6. The molecule has 3 nitrogen and oxygen atoms in total. The van der Waals surface area contributed by atoms with Gasteiger partial charge in [0.15, 0.2) is 0 Å². The van der Waals surface area contributed by atoms with Crippen molar-refractivity contribution in [3.05, 3.63) is 11.6 Å². The summed E-state index contributed by atoms with van der Waals surface area (Å²) in [5, 5.41) is 18.4. The minimum Gasteiger partial charge on any atom is -0.394 e. The molecule has 0 aromatic rings. The molecule has 4 heteroatoms. The molecule has 0 fully saturated rings. The Hall–Kier alpha value is -0.0900. The summed E-state index contributed by atoms with van der Waals surface area (Å²) in [6.07, 6.45) is 11.5. The largest absolute Gasteiger partial charge is 0.394 e. The number of halogens is 1. The van der Waals surface area contributed by atoms with Crippen LogP contribution in [0, 0.1) is 11.8 Å². The number of aliphatic hydroxyl groups excluding tert-OH is 2. The average molecular weight is 350 g/mol. The van der Waals surface area contributed by atoms with Crippen molar-refractivity contribution >= 4 is 12.4 Å². The van der Waals surface area contributed by atoms with Crippen LogP contribution in [0.2, 0.25) is 0 Å². The monoisotopic (exact) mass is 349 g/mol. The average Bonchev–Trinajstić information content (AvgIpc) is 2.52. The van der Waals surface area contributed by atoms with Gasteiger partial charge in [-0.05, 0) is 50.9 Å². The first kappa shape index (κ1) is 25.2. The van der Waals surface area contributed by atoms with Gasteiger partial charge in [0.2, 0.25) is 0 Å². The molecule has 0 saturated carbocycles.